The summed E-state index contributed by atoms with van der Waals surface area (Å²) >= 11 is 0. The molecule has 2 rings (SSSR count). The molecule has 0 aliphatic heterocycles. The number of hydrogen-bond acceptors (Lipinski definition) is 3. The Bertz CT molecular complexity index is 592. The maximum atomic E-state index is 4.75. The van der Waals surface area contributed by atoms with Crippen LogP contribution in [-0.2, 0) is 6.54 Å². The van der Waals surface area contributed by atoms with Gasteiger partial charge in [0.1, 0.15) is 5.82 Å². The Labute approximate surface area is 128 Å². The van der Waals surface area contributed by atoms with Crippen LogP contribution in [-0.4, -0.2) is 24.6 Å². The van der Waals surface area contributed by atoms with Gasteiger partial charge in [-0.25, -0.2) is 4.98 Å². The van der Waals surface area contributed by atoms with Crippen molar-refractivity contribution in [3.8, 4) is 0 Å². The molecule has 2 aromatic rings. The number of nitrogens with one attached hydrogen (secondary N) is 1. The summed E-state index contributed by atoms with van der Waals surface area (Å²) in [5.41, 5.74) is 1.27. The first-order valence-electron chi connectivity index (χ1n) is 7.86. The molecule has 3 heteroatoms. The Hall–Kier alpha value is -1.61. The van der Waals surface area contributed by atoms with Crippen LogP contribution in [0.1, 0.15) is 33.3 Å². The van der Waals surface area contributed by atoms with Gasteiger partial charge in [-0.15, -0.1) is 0 Å². The first kappa shape index (κ1) is 15.8. The zero-order chi connectivity index (χ0) is 15.4. The van der Waals surface area contributed by atoms with Gasteiger partial charge in [-0.05, 0) is 30.3 Å². The topological polar surface area (TPSA) is 28.2 Å². The molecule has 1 aromatic carbocycles. The van der Waals surface area contributed by atoms with Crippen molar-refractivity contribution in [2.24, 2.45) is 5.92 Å². The van der Waals surface area contributed by atoms with E-state index >= 15 is 0 Å². The van der Waals surface area contributed by atoms with Crippen molar-refractivity contribution in [2.75, 3.05) is 18.5 Å². The summed E-state index contributed by atoms with van der Waals surface area (Å²) in [7, 11) is 2.14. The van der Waals surface area contributed by atoms with Gasteiger partial charge in [0.2, 0.25) is 0 Å². The van der Waals surface area contributed by atoms with Crippen molar-refractivity contribution < 1.29 is 0 Å². The van der Waals surface area contributed by atoms with Crippen LogP contribution in [0.25, 0.3) is 10.8 Å². The molecule has 0 spiro atoms. The van der Waals surface area contributed by atoms with Gasteiger partial charge in [-0.2, -0.15) is 0 Å². The summed E-state index contributed by atoms with van der Waals surface area (Å²) in [6.07, 6.45) is 2.02. The van der Waals surface area contributed by atoms with Gasteiger partial charge in [-0.1, -0.05) is 45.0 Å². The fraction of sp³-hybridized carbons (Fsp3) is 0.500. The second-order valence-electron chi connectivity index (χ2n) is 6.03. The lowest BCUT2D eigenvalue weighted by molar-refractivity contribution is 0.503. The first-order valence-corrected chi connectivity index (χ1v) is 7.86. The summed E-state index contributed by atoms with van der Waals surface area (Å²) in [5, 5.41) is 5.93. The number of rotatable bonds is 6. The van der Waals surface area contributed by atoms with E-state index in [1.165, 1.54) is 16.3 Å². The van der Waals surface area contributed by atoms with Crippen molar-refractivity contribution in [2.45, 2.75) is 40.3 Å². The number of benzene rings is 1. The smallest absolute Gasteiger partial charge is 0.136 e. The van der Waals surface area contributed by atoms with Crippen LogP contribution in [0.15, 0.2) is 30.5 Å². The van der Waals surface area contributed by atoms with Gasteiger partial charge < -0.3 is 10.2 Å². The predicted octanol–water partition coefficient (Wildman–Crippen LogP) is 3.83. The molecule has 0 saturated carbocycles. The summed E-state index contributed by atoms with van der Waals surface area (Å²) in [4.78, 5) is 7.04. The van der Waals surface area contributed by atoms with E-state index in [0.717, 1.165) is 18.9 Å². The standard InChI is InChI=1S/C18H27N3/c1-6-19-11-15-12-20-18(21(5)14(4)13(2)3)17-10-8-7-9-16(15)17/h7-10,12-14,19H,6,11H2,1-5H3. The maximum Gasteiger partial charge on any atom is 0.136 e. The summed E-state index contributed by atoms with van der Waals surface area (Å²) < 4.78 is 0. The molecule has 1 atom stereocenters. The van der Waals surface area contributed by atoms with Gasteiger partial charge in [0.05, 0.1) is 0 Å². The van der Waals surface area contributed by atoms with E-state index in [1.54, 1.807) is 0 Å². The van der Waals surface area contributed by atoms with Crippen LogP contribution in [0.5, 0.6) is 0 Å². The molecular formula is C18H27N3. The molecule has 21 heavy (non-hydrogen) atoms. The van der Waals surface area contributed by atoms with Gasteiger partial charge in [-0.3, -0.25) is 0 Å². The van der Waals surface area contributed by atoms with E-state index in [2.05, 4.69) is 69.2 Å². The van der Waals surface area contributed by atoms with Crippen LogP contribution in [0, 0.1) is 5.92 Å². The zero-order valence-corrected chi connectivity index (χ0v) is 13.9. The average molecular weight is 285 g/mol. The van der Waals surface area contributed by atoms with Gasteiger partial charge >= 0.3 is 0 Å². The van der Waals surface area contributed by atoms with E-state index in [4.69, 9.17) is 4.98 Å². The van der Waals surface area contributed by atoms with Crippen molar-refractivity contribution in [3.63, 3.8) is 0 Å². The number of nitrogens with zero attached hydrogens (tertiary/aromatic N) is 2. The molecule has 0 aliphatic rings. The molecule has 114 valence electrons. The normalized spacial score (nSPS) is 12.9. The first-order chi connectivity index (χ1) is 10.1. The Kier molecular flexibility index (Phi) is 5.18. The molecule has 1 heterocycles. The fourth-order valence-corrected chi connectivity index (χ4v) is 2.56. The third-order valence-corrected chi connectivity index (χ3v) is 4.33. The molecule has 3 nitrogen and oxygen atoms in total. The third-order valence-electron chi connectivity index (χ3n) is 4.33. The minimum absolute atomic E-state index is 0.459. The molecule has 0 bridgehead atoms. The number of hydrogen-bond donors (Lipinski definition) is 1. The molecule has 0 radical (unpaired) electrons. The van der Waals surface area contributed by atoms with Gasteiger partial charge in [0, 0.05) is 31.2 Å². The van der Waals surface area contributed by atoms with Crippen molar-refractivity contribution in [1.82, 2.24) is 10.3 Å². The molecule has 1 aromatic heterocycles. The highest BCUT2D eigenvalue weighted by molar-refractivity contribution is 5.94. The molecule has 0 saturated heterocycles. The molecule has 1 unspecified atom stereocenters. The van der Waals surface area contributed by atoms with Crippen molar-refractivity contribution in [1.29, 1.82) is 0 Å². The number of aromatic nitrogens is 1. The van der Waals surface area contributed by atoms with Gasteiger partial charge in [0.15, 0.2) is 0 Å². The fourth-order valence-electron chi connectivity index (χ4n) is 2.56. The largest absolute Gasteiger partial charge is 0.356 e. The highest BCUT2D eigenvalue weighted by Crippen LogP contribution is 2.28. The van der Waals surface area contributed by atoms with Crippen molar-refractivity contribution in [3.05, 3.63) is 36.0 Å². The SMILES string of the molecule is CCNCc1cnc(N(C)C(C)C(C)C)c2ccccc12. The third kappa shape index (κ3) is 3.35. The Balaban J connectivity index is 2.47. The lowest BCUT2D eigenvalue weighted by atomic mass is 10.0. The zero-order valence-electron chi connectivity index (χ0n) is 13.9. The molecule has 0 aliphatic carbocycles. The molecule has 0 amide bonds. The van der Waals surface area contributed by atoms with Crippen molar-refractivity contribution >= 4 is 16.6 Å². The minimum Gasteiger partial charge on any atom is -0.356 e. The van der Waals surface area contributed by atoms with E-state index in [1.807, 2.05) is 6.20 Å². The quantitative estimate of drug-likeness (QED) is 0.874. The van der Waals surface area contributed by atoms with Crippen LogP contribution in [0.4, 0.5) is 5.82 Å². The summed E-state index contributed by atoms with van der Waals surface area (Å²) in [6.45, 7) is 10.7. The molecule has 1 N–H and O–H groups in total. The Morgan fingerprint density at radius 3 is 2.43 bits per heavy atom. The van der Waals surface area contributed by atoms with Crippen LogP contribution in [0.3, 0.4) is 0 Å². The second-order valence-corrected chi connectivity index (χ2v) is 6.03. The number of anilines is 1. The number of fused-ring (bicyclic) bond motifs is 1. The Morgan fingerprint density at radius 1 is 1.14 bits per heavy atom. The number of pyridine rings is 1. The average Bonchev–Trinajstić information content (AvgIpc) is 2.51. The van der Waals surface area contributed by atoms with E-state index in [9.17, 15) is 0 Å². The minimum atomic E-state index is 0.459. The molecular weight excluding hydrogens is 258 g/mol. The Morgan fingerprint density at radius 2 is 1.81 bits per heavy atom. The van der Waals surface area contributed by atoms with Crippen LogP contribution >= 0.6 is 0 Å². The molecule has 0 fully saturated rings. The van der Waals surface area contributed by atoms with E-state index < -0.39 is 0 Å². The highest BCUT2D eigenvalue weighted by atomic mass is 15.2. The lowest BCUT2D eigenvalue weighted by Crippen LogP contribution is -2.34. The monoisotopic (exact) mass is 285 g/mol. The summed E-state index contributed by atoms with van der Waals surface area (Å²) in [6, 6.07) is 9.03. The van der Waals surface area contributed by atoms with E-state index in [-0.39, 0.29) is 0 Å². The lowest BCUT2D eigenvalue weighted by Gasteiger charge is -2.30. The van der Waals surface area contributed by atoms with E-state index in [0.29, 0.717) is 12.0 Å². The second kappa shape index (κ2) is 6.90. The highest BCUT2D eigenvalue weighted by Gasteiger charge is 2.17. The summed E-state index contributed by atoms with van der Waals surface area (Å²) in [5.74, 6) is 1.67. The maximum absolute atomic E-state index is 4.75. The van der Waals surface area contributed by atoms with Crippen LogP contribution in [0.2, 0.25) is 0 Å². The van der Waals surface area contributed by atoms with Crippen LogP contribution < -0.4 is 10.2 Å². The predicted molar refractivity (Wildman–Crippen MR) is 91.8 cm³/mol. The van der Waals surface area contributed by atoms with Gasteiger partial charge in [0.25, 0.3) is 0 Å².